The van der Waals surface area contributed by atoms with Gasteiger partial charge >= 0.3 is 0 Å². The summed E-state index contributed by atoms with van der Waals surface area (Å²) in [6, 6.07) is 6.75. The SMILES string of the molecule is COc1ccc(C(CN)N2CC(C)CC2C)c(OC)c1. The van der Waals surface area contributed by atoms with E-state index in [-0.39, 0.29) is 6.04 Å². The lowest BCUT2D eigenvalue weighted by Crippen LogP contribution is -2.36. The van der Waals surface area contributed by atoms with Crippen LogP contribution < -0.4 is 15.2 Å². The molecule has 0 aromatic heterocycles. The number of ether oxygens (including phenoxy) is 2. The summed E-state index contributed by atoms with van der Waals surface area (Å²) in [6.45, 7) is 6.27. The fraction of sp³-hybridized carbons (Fsp3) is 0.625. The molecule has 112 valence electrons. The summed E-state index contributed by atoms with van der Waals surface area (Å²) in [5.41, 5.74) is 7.21. The first-order chi connectivity index (χ1) is 9.60. The fourth-order valence-corrected chi connectivity index (χ4v) is 3.30. The summed E-state index contributed by atoms with van der Waals surface area (Å²) in [7, 11) is 3.36. The molecule has 20 heavy (non-hydrogen) atoms. The highest BCUT2D eigenvalue weighted by atomic mass is 16.5. The standard InChI is InChI=1S/C16H26N2O2/c1-11-7-12(2)18(10-11)15(9-17)14-6-5-13(19-3)8-16(14)20-4/h5-6,8,11-12,15H,7,9-10,17H2,1-4H3. The molecule has 1 fully saturated rings. The first-order valence-electron chi connectivity index (χ1n) is 7.28. The minimum atomic E-state index is 0.204. The Bertz CT molecular complexity index is 450. The Kier molecular flexibility index (Phi) is 4.89. The Hall–Kier alpha value is -1.26. The van der Waals surface area contributed by atoms with Crippen molar-refractivity contribution in [3.63, 3.8) is 0 Å². The molecule has 0 radical (unpaired) electrons. The summed E-state index contributed by atoms with van der Waals surface area (Å²) < 4.78 is 10.8. The highest BCUT2D eigenvalue weighted by molar-refractivity contribution is 5.42. The van der Waals surface area contributed by atoms with Crippen LogP contribution in [0.2, 0.25) is 0 Å². The lowest BCUT2D eigenvalue weighted by Gasteiger charge is -2.32. The van der Waals surface area contributed by atoms with Crippen molar-refractivity contribution >= 4 is 0 Å². The van der Waals surface area contributed by atoms with Crippen LogP contribution in [0.25, 0.3) is 0 Å². The fourth-order valence-electron chi connectivity index (χ4n) is 3.30. The van der Waals surface area contributed by atoms with Crippen molar-refractivity contribution in [3.8, 4) is 11.5 Å². The first-order valence-corrected chi connectivity index (χ1v) is 7.28. The average Bonchev–Trinajstić information content (AvgIpc) is 2.79. The van der Waals surface area contributed by atoms with Crippen molar-refractivity contribution in [2.24, 2.45) is 11.7 Å². The Balaban J connectivity index is 2.31. The molecule has 3 atom stereocenters. The number of nitrogens with zero attached hydrogens (tertiary/aromatic N) is 1. The number of nitrogens with two attached hydrogens (primary N) is 1. The Morgan fingerprint density at radius 2 is 2.05 bits per heavy atom. The average molecular weight is 278 g/mol. The van der Waals surface area contributed by atoms with Gasteiger partial charge in [-0.2, -0.15) is 0 Å². The lowest BCUT2D eigenvalue weighted by atomic mass is 10.0. The molecule has 4 nitrogen and oxygen atoms in total. The van der Waals surface area contributed by atoms with Crippen LogP contribution in [0.4, 0.5) is 0 Å². The Labute approximate surface area is 121 Å². The van der Waals surface area contributed by atoms with Gasteiger partial charge in [0.2, 0.25) is 0 Å². The third-order valence-electron chi connectivity index (χ3n) is 4.26. The number of hydrogen-bond donors (Lipinski definition) is 1. The van der Waals surface area contributed by atoms with Gasteiger partial charge in [-0.25, -0.2) is 0 Å². The number of methoxy groups -OCH3 is 2. The number of hydrogen-bond acceptors (Lipinski definition) is 4. The smallest absolute Gasteiger partial charge is 0.127 e. The van der Waals surface area contributed by atoms with Gasteiger partial charge in [-0.1, -0.05) is 13.0 Å². The zero-order valence-corrected chi connectivity index (χ0v) is 12.9. The third kappa shape index (κ3) is 2.91. The minimum absolute atomic E-state index is 0.204. The van der Waals surface area contributed by atoms with Crippen molar-refractivity contribution in [2.75, 3.05) is 27.3 Å². The van der Waals surface area contributed by atoms with E-state index in [0.29, 0.717) is 12.6 Å². The van der Waals surface area contributed by atoms with Crippen LogP contribution in [0, 0.1) is 5.92 Å². The maximum Gasteiger partial charge on any atom is 0.127 e. The second-order valence-corrected chi connectivity index (χ2v) is 5.75. The zero-order valence-electron chi connectivity index (χ0n) is 12.9. The van der Waals surface area contributed by atoms with Crippen molar-refractivity contribution in [2.45, 2.75) is 32.4 Å². The molecule has 0 aliphatic carbocycles. The monoisotopic (exact) mass is 278 g/mol. The molecule has 1 aliphatic rings. The molecule has 1 heterocycles. The van der Waals surface area contributed by atoms with Crippen LogP contribution in [-0.4, -0.2) is 38.3 Å². The van der Waals surface area contributed by atoms with E-state index in [9.17, 15) is 0 Å². The van der Waals surface area contributed by atoms with Gasteiger partial charge in [0.15, 0.2) is 0 Å². The zero-order chi connectivity index (χ0) is 14.7. The van der Waals surface area contributed by atoms with Crippen LogP contribution in [0.15, 0.2) is 18.2 Å². The van der Waals surface area contributed by atoms with Gasteiger partial charge in [-0.3, -0.25) is 4.90 Å². The summed E-state index contributed by atoms with van der Waals surface area (Å²) in [5, 5.41) is 0. The first kappa shape index (κ1) is 15.1. The molecule has 0 amide bonds. The van der Waals surface area contributed by atoms with Crippen LogP contribution in [0.5, 0.6) is 11.5 Å². The van der Waals surface area contributed by atoms with Crippen LogP contribution in [0.3, 0.4) is 0 Å². The van der Waals surface area contributed by atoms with Gasteiger partial charge in [0.05, 0.1) is 20.3 Å². The molecule has 1 aliphatic heterocycles. The van der Waals surface area contributed by atoms with E-state index in [2.05, 4.69) is 24.8 Å². The summed E-state index contributed by atoms with van der Waals surface area (Å²) in [6.07, 6.45) is 1.23. The van der Waals surface area contributed by atoms with E-state index < -0.39 is 0 Å². The molecule has 2 N–H and O–H groups in total. The predicted octanol–water partition coefficient (Wildman–Crippen LogP) is 2.43. The van der Waals surface area contributed by atoms with Gasteiger partial charge in [-0.05, 0) is 25.3 Å². The van der Waals surface area contributed by atoms with E-state index in [1.165, 1.54) is 6.42 Å². The number of rotatable bonds is 5. The summed E-state index contributed by atoms with van der Waals surface area (Å²) >= 11 is 0. The normalized spacial score (nSPS) is 24.6. The van der Waals surface area contributed by atoms with E-state index in [1.54, 1.807) is 14.2 Å². The molecule has 1 saturated heterocycles. The molecule has 2 rings (SSSR count). The van der Waals surface area contributed by atoms with Gasteiger partial charge in [0.25, 0.3) is 0 Å². The number of likely N-dealkylation sites (tertiary alicyclic amines) is 1. The van der Waals surface area contributed by atoms with Crippen molar-refractivity contribution < 1.29 is 9.47 Å². The van der Waals surface area contributed by atoms with Crippen LogP contribution >= 0.6 is 0 Å². The molecule has 0 bridgehead atoms. The van der Waals surface area contributed by atoms with Crippen molar-refractivity contribution in [1.29, 1.82) is 0 Å². The molecule has 1 aromatic rings. The maximum atomic E-state index is 6.06. The molecule has 0 saturated carbocycles. The second kappa shape index (κ2) is 6.46. The Morgan fingerprint density at radius 1 is 1.30 bits per heavy atom. The summed E-state index contributed by atoms with van der Waals surface area (Å²) in [5.74, 6) is 2.39. The molecular formula is C16H26N2O2. The maximum absolute atomic E-state index is 6.06. The van der Waals surface area contributed by atoms with Gasteiger partial charge < -0.3 is 15.2 Å². The van der Waals surface area contributed by atoms with Crippen molar-refractivity contribution in [1.82, 2.24) is 4.90 Å². The van der Waals surface area contributed by atoms with Crippen LogP contribution in [-0.2, 0) is 0 Å². The topological polar surface area (TPSA) is 47.7 Å². The number of benzene rings is 1. The quantitative estimate of drug-likeness (QED) is 0.898. The van der Waals surface area contributed by atoms with E-state index in [1.807, 2.05) is 12.1 Å². The van der Waals surface area contributed by atoms with Crippen LogP contribution in [0.1, 0.15) is 31.9 Å². The minimum Gasteiger partial charge on any atom is -0.497 e. The van der Waals surface area contributed by atoms with E-state index >= 15 is 0 Å². The summed E-state index contributed by atoms with van der Waals surface area (Å²) in [4.78, 5) is 2.50. The van der Waals surface area contributed by atoms with E-state index in [0.717, 1.165) is 29.5 Å². The van der Waals surface area contributed by atoms with Gasteiger partial charge in [-0.15, -0.1) is 0 Å². The highest BCUT2D eigenvalue weighted by Gasteiger charge is 2.33. The largest absolute Gasteiger partial charge is 0.497 e. The molecule has 4 heteroatoms. The van der Waals surface area contributed by atoms with E-state index in [4.69, 9.17) is 15.2 Å². The van der Waals surface area contributed by atoms with Crippen molar-refractivity contribution in [3.05, 3.63) is 23.8 Å². The highest BCUT2D eigenvalue weighted by Crippen LogP contribution is 2.36. The van der Waals surface area contributed by atoms with Gasteiger partial charge in [0, 0.05) is 30.8 Å². The Morgan fingerprint density at radius 3 is 2.55 bits per heavy atom. The predicted molar refractivity (Wildman–Crippen MR) is 81.3 cm³/mol. The molecule has 3 unspecified atom stereocenters. The van der Waals surface area contributed by atoms with Gasteiger partial charge in [0.1, 0.15) is 11.5 Å². The molecule has 1 aromatic carbocycles. The molecular weight excluding hydrogens is 252 g/mol. The third-order valence-corrected chi connectivity index (χ3v) is 4.26. The molecule has 0 spiro atoms. The lowest BCUT2D eigenvalue weighted by molar-refractivity contribution is 0.188. The second-order valence-electron chi connectivity index (χ2n) is 5.75.